The Morgan fingerprint density at radius 2 is 1.83 bits per heavy atom. The zero-order valence-corrected chi connectivity index (χ0v) is 11.3. The molecular formula is C16H20N2. The SMILES string of the molecule is CNC(Cc1cc(C)ccc1C)c1ccncc1. The van der Waals surface area contributed by atoms with Crippen LogP contribution in [0.4, 0.5) is 0 Å². The van der Waals surface area contributed by atoms with E-state index in [0.29, 0.717) is 6.04 Å². The van der Waals surface area contributed by atoms with Gasteiger partial charge in [-0.15, -0.1) is 0 Å². The number of nitrogens with one attached hydrogen (secondary N) is 1. The van der Waals surface area contributed by atoms with Crippen LogP contribution in [0.1, 0.15) is 28.3 Å². The van der Waals surface area contributed by atoms with Crippen molar-refractivity contribution in [2.24, 2.45) is 0 Å². The maximum Gasteiger partial charge on any atom is 0.0359 e. The zero-order chi connectivity index (χ0) is 13.0. The molecule has 0 spiro atoms. The second-order valence-corrected chi connectivity index (χ2v) is 4.76. The van der Waals surface area contributed by atoms with Gasteiger partial charge in [-0.1, -0.05) is 23.8 Å². The van der Waals surface area contributed by atoms with Crippen molar-refractivity contribution < 1.29 is 0 Å². The Morgan fingerprint density at radius 1 is 1.11 bits per heavy atom. The zero-order valence-electron chi connectivity index (χ0n) is 11.3. The Hall–Kier alpha value is -1.67. The Labute approximate surface area is 109 Å². The first-order valence-corrected chi connectivity index (χ1v) is 6.34. The van der Waals surface area contributed by atoms with Gasteiger partial charge in [-0.2, -0.15) is 0 Å². The van der Waals surface area contributed by atoms with Gasteiger partial charge < -0.3 is 5.32 Å². The van der Waals surface area contributed by atoms with Crippen LogP contribution in [-0.2, 0) is 6.42 Å². The van der Waals surface area contributed by atoms with Gasteiger partial charge in [0.1, 0.15) is 0 Å². The minimum Gasteiger partial charge on any atom is -0.313 e. The number of hydrogen-bond acceptors (Lipinski definition) is 2. The largest absolute Gasteiger partial charge is 0.313 e. The number of aryl methyl sites for hydroxylation is 2. The fraction of sp³-hybridized carbons (Fsp3) is 0.312. The molecule has 1 aromatic carbocycles. The minimum atomic E-state index is 0.341. The molecule has 0 saturated heterocycles. The molecule has 1 unspecified atom stereocenters. The van der Waals surface area contributed by atoms with E-state index in [-0.39, 0.29) is 0 Å². The highest BCUT2D eigenvalue weighted by atomic mass is 14.9. The van der Waals surface area contributed by atoms with E-state index in [4.69, 9.17) is 0 Å². The lowest BCUT2D eigenvalue weighted by atomic mass is 9.95. The molecule has 2 rings (SSSR count). The van der Waals surface area contributed by atoms with Crippen molar-refractivity contribution in [2.45, 2.75) is 26.3 Å². The van der Waals surface area contributed by atoms with Crippen LogP contribution in [-0.4, -0.2) is 12.0 Å². The molecule has 0 bridgehead atoms. The Kier molecular flexibility index (Phi) is 4.11. The predicted octanol–water partition coefficient (Wildman–Crippen LogP) is 3.20. The molecule has 0 radical (unpaired) electrons. The summed E-state index contributed by atoms with van der Waals surface area (Å²) in [6.07, 6.45) is 4.71. The van der Waals surface area contributed by atoms with Crippen LogP contribution in [0.5, 0.6) is 0 Å². The van der Waals surface area contributed by atoms with Crippen LogP contribution in [0, 0.1) is 13.8 Å². The van der Waals surface area contributed by atoms with Crippen LogP contribution >= 0.6 is 0 Å². The quantitative estimate of drug-likeness (QED) is 0.887. The third-order valence-corrected chi connectivity index (χ3v) is 3.39. The molecule has 0 aliphatic rings. The summed E-state index contributed by atoms with van der Waals surface area (Å²) in [5.74, 6) is 0. The number of pyridine rings is 1. The molecule has 1 atom stereocenters. The fourth-order valence-electron chi connectivity index (χ4n) is 2.22. The minimum absolute atomic E-state index is 0.341. The molecule has 0 fully saturated rings. The van der Waals surface area contributed by atoms with Gasteiger partial charge in [0.05, 0.1) is 0 Å². The van der Waals surface area contributed by atoms with Crippen LogP contribution in [0.3, 0.4) is 0 Å². The van der Waals surface area contributed by atoms with Crippen molar-refractivity contribution >= 4 is 0 Å². The molecule has 1 aromatic heterocycles. The van der Waals surface area contributed by atoms with E-state index < -0.39 is 0 Å². The summed E-state index contributed by atoms with van der Waals surface area (Å²) >= 11 is 0. The van der Waals surface area contributed by atoms with E-state index in [1.54, 1.807) is 0 Å². The van der Waals surface area contributed by atoms with E-state index in [1.165, 1.54) is 22.3 Å². The number of rotatable bonds is 4. The maximum absolute atomic E-state index is 4.07. The molecule has 1 N–H and O–H groups in total. The van der Waals surface area contributed by atoms with Gasteiger partial charge in [-0.05, 0) is 56.1 Å². The first-order chi connectivity index (χ1) is 8.70. The number of benzene rings is 1. The van der Waals surface area contributed by atoms with Crippen molar-refractivity contribution in [2.75, 3.05) is 7.05 Å². The Morgan fingerprint density at radius 3 is 2.50 bits per heavy atom. The van der Waals surface area contributed by atoms with Crippen LogP contribution in [0.25, 0.3) is 0 Å². The average molecular weight is 240 g/mol. The molecule has 2 nitrogen and oxygen atoms in total. The molecule has 1 heterocycles. The number of aromatic nitrogens is 1. The van der Waals surface area contributed by atoms with Crippen molar-refractivity contribution in [3.05, 3.63) is 65.0 Å². The number of likely N-dealkylation sites (N-methyl/N-ethyl adjacent to an activating group) is 1. The topological polar surface area (TPSA) is 24.9 Å². The highest BCUT2D eigenvalue weighted by Gasteiger charge is 2.11. The Bertz CT molecular complexity index is 506. The normalized spacial score (nSPS) is 12.4. The second-order valence-electron chi connectivity index (χ2n) is 4.76. The molecule has 0 aliphatic carbocycles. The van der Waals surface area contributed by atoms with Gasteiger partial charge in [-0.3, -0.25) is 4.98 Å². The third-order valence-electron chi connectivity index (χ3n) is 3.39. The molecule has 2 heteroatoms. The number of hydrogen-bond donors (Lipinski definition) is 1. The summed E-state index contributed by atoms with van der Waals surface area (Å²) in [5, 5.41) is 3.39. The standard InChI is InChI=1S/C16H20N2/c1-12-4-5-13(2)15(10-12)11-16(17-3)14-6-8-18-9-7-14/h4-10,16-17H,11H2,1-3H3. The molecule has 94 valence electrons. The van der Waals surface area contributed by atoms with Gasteiger partial charge in [0, 0.05) is 18.4 Å². The highest BCUT2D eigenvalue weighted by molar-refractivity contribution is 5.32. The molecule has 0 aliphatic heterocycles. The van der Waals surface area contributed by atoms with Crippen LogP contribution in [0.15, 0.2) is 42.7 Å². The van der Waals surface area contributed by atoms with Crippen LogP contribution < -0.4 is 5.32 Å². The molecular weight excluding hydrogens is 220 g/mol. The molecule has 2 aromatic rings. The van der Waals surface area contributed by atoms with E-state index in [9.17, 15) is 0 Å². The predicted molar refractivity (Wildman–Crippen MR) is 75.7 cm³/mol. The summed E-state index contributed by atoms with van der Waals surface area (Å²) in [7, 11) is 2.01. The molecule has 0 amide bonds. The monoisotopic (exact) mass is 240 g/mol. The number of nitrogens with zero attached hydrogens (tertiary/aromatic N) is 1. The van der Waals surface area contributed by atoms with E-state index in [2.05, 4.69) is 54.5 Å². The lowest BCUT2D eigenvalue weighted by Gasteiger charge is -2.18. The summed E-state index contributed by atoms with van der Waals surface area (Å²) in [6.45, 7) is 4.32. The molecule has 0 saturated carbocycles. The van der Waals surface area contributed by atoms with Gasteiger partial charge in [0.15, 0.2) is 0 Å². The summed E-state index contributed by atoms with van der Waals surface area (Å²) in [5.41, 5.74) is 5.37. The third kappa shape index (κ3) is 2.96. The van der Waals surface area contributed by atoms with Gasteiger partial charge in [0.2, 0.25) is 0 Å². The summed E-state index contributed by atoms with van der Waals surface area (Å²) in [4.78, 5) is 4.07. The van der Waals surface area contributed by atoms with E-state index >= 15 is 0 Å². The summed E-state index contributed by atoms with van der Waals surface area (Å²) in [6, 6.07) is 11.1. The van der Waals surface area contributed by atoms with Crippen molar-refractivity contribution in [1.82, 2.24) is 10.3 Å². The smallest absolute Gasteiger partial charge is 0.0359 e. The van der Waals surface area contributed by atoms with Gasteiger partial charge in [0.25, 0.3) is 0 Å². The lowest BCUT2D eigenvalue weighted by Crippen LogP contribution is -2.19. The fourth-order valence-corrected chi connectivity index (χ4v) is 2.22. The Balaban J connectivity index is 2.23. The van der Waals surface area contributed by atoms with E-state index in [1.807, 2.05) is 19.4 Å². The average Bonchev–Trinajstić information content (AvgIpc) is 2.41. The first kappa shape index (κ1) is 12.8. The lowest BCUT2D eigenvalue weighted by molar-refractivity contribution is 0.590. The van der Waals surface area contributed by atoms with Gasteiger partial charge in [-0.25, -0.2) is 0 Å². The first-order valence-electron chi connectivity index (χ1n) is 6.34. The van der Waals surface area contributed by atoms with Crippen LogP contribution in [0.2, 0.25) is 0 Å². The van der Waals surface area contributed by atoms with Crippen molar-refractivity contribution in [1.29, 1.82) is 0 Å². The van der Waals surface area contributed by atoms with E-state index in [0.717, 1.165) is 6.42 Å². The van der Waals surface area contributed by atoms with Gasteiger partial charge >= 0.3 is 0 Å². The highest BCUT2D eigenvalue weighted by Crippen LogP contribution is 2.20. The van der Waals surface area contributed by atoms with Crippen molar-refractivity contribution in [3.8, 4) is 0 Å². The maximum atomic E-state index is 4.07. The molecule has 18 heavy (non-hydrogen) atoms. The second kappa shape index (κ2) is 5.78. The van der Waals surface area contributed by atoms with Crippen molar-refractivity contribution in [3.63, 3.8) is 0 Å². The summed E-state index contributed by atoms with van der Waals surface area (Å²) < 4.78 is 0.